The number of nitrogens with one attached hydrogen (secondary N) is 1. The van der Waals surface area contributed by atoms with E-state index in [1.165, 1.54) is 57.6 Å². The average Bonchev–Trinajstić information content (AvgIpc) is 3.39. The molecule has 4 rings (SSSR count). The maximum absolute atomic E-state index is 13.1. The average molecular weight is 539 g/mol. The highest BCUT2D eigenvalue weighted by molar-refractivity contribution is 8.23. The normalized spacial score (nSPS) is 25.6. The molecule has 0 radical (unpaired) electrons. The Balaban J connectivity index is 0.00000361. The van der Waals surface area contributed by atoms with Gasteiger partial charge >= 0.3 is 5.97 Å². The van der Waals surface area contributed by atoms with Crippen molar-refractivity contribution < 1.29 is 29.2 Å². The molecule has 0 bridgehead atoms. The van der Waals surface area contributed by atoms with Crippen molar-refractivity contribution in [3.8, 4) is 0 Å². The summed E-state index contributed by atoms with van der Waals surface area (Å²) in [7, 11) is 3.40. The molecule has 1 aromatic carbocycles. The summed E-state index contributed by atoms with van der Waals surface area (Å²) in [6.07, 6.45) is -0.275. The molecule has 5 atom stereocenters. The quantitative estimate of drug-likeness (QED) is 0.218. The summed E-state index contributed by atoms with van der Waals surface area (Å²) >= 11 is 2.79. The number of carbonyl (C=O) groups excluding carboxylic acids is 3. The number of ether oxygens (including phenoxy) is 1. The number of benzene rings is 1. The number of aliphatic hydroxyl groups is 1. The summed E-state index contributed by atoms with van der Waals surface area (Å²) in [5.41, 5.74) is 0.655. The van der Waals surface area contributed by atoms with Crippen LogP contribution in [0.5, 0.6) is 0 Å². The fraction of sp³-hybridized carbons (Fsp3) is 0.522. The first-order valence-electron chi connectivity index (χ1n) is 11.0. The molecule has 2 amide bonds. The SMILES string of the molecule is C.CC(O)[C@H]1C(=O)N2C(C(=O)OCc3ccc([N+](=O)[O-])cc3)=C(SC3CNC(C(=O)N(C)C)C3)S[C@H]12. The van der Waals surface area contributed by atoms with Crippen LogP contribution in [0, 0.1) is 16.0 Å². The van der Waals surface area contributed by atoms with Crippen LogP contribution in [0.15, 0.2) is 34.2 Å². The van der Waals surface area contributed by atoms with Crippen molar-refractivity contribution in [3.05, 3.63) is 49.9 Å². The molecule has 3 heterocycles. The second kappa shape index (κ2) is 11.2. The van der Waals surface area contributed by atoms with Crippen molar-refractivity contribution >= 4 is 47.0 Å². The van der Waals surface area contributed by atoms with Gasteiger partial charge in [-0.3, -0.25) is 24.6 Å². The fourth-order valence-electron chi connectivity index (χ4n) is 4.20. The number of nitro benzene ring substituents is 1. The second-order valence-corrected chi connectivity index (χ2v) is 11.5. The van der Waals surface area contributed by atoms with Crippen LogP contribution >= 0.6 is 23.5 Å². The lowest BCUT2D eigenvalue weighted by Crippen LogP contribution is -2.60. The summed E-state index contributed by atoms with van der Waals surface area (Å²) in [5.74, 6) is -1.64. The van der Waals surface area contributed by atoms with E-state index in [-0.39, 0.29) is 53.9 Å². The zero-order valence-corrected chi connectivity index (χ0v) is 21.0. The number of fused-ring (bicyclic) bond motifs is 1. The number of rotatable bonds is 8. The van der Waals surface area contributed by atoms with Crippen molar-refractivity contribution in [2.75, 3.05) is 20.6 Å². The Morgan fingerprint density at radius 1 is 1.36 bits per heavy atom. The number of non-ortho nitro benzene ring substituents is 1. The van der Waals surface area contributed by atoms with Gasteiger partial charge in [-0.25, -0.2) is 4.79 Å². The van der Waals surface area contributed by atoms with Crippen LogP contribution in [0.3, 0.4) is 0 Å². The van der Waals surface area contributed by atoms with E-state index in [0.717, 1.165) is 0 Å². The second-order valence-electron chi connectivity index (χ2n) is 8.79. The van der Waals surface area contributed by atoms with Gasteiger partial charge in [-0.15, -0.1) is 11.8 Å². The van der Waals surface area contributed by atoms with E-state index >= 15 is 0 Å². The number of nitrogens with zero attached hydrogens (tertiary/aromatic N) is 3. The topological polar surface area (TPSA) is 142 Å². The van der Waals surface area contributed by atoms with Gasteiger partial charge in [0.1, 0.15) is 12.0 Å². The molecule has 2 N–H and O–H groups in total. The minimum Gasteiger partial charge on any atom is -0.456 e. The maximum Gasteiger partial charge on any atom is 0.357 e. The first kappa shape index (κ1) is 28.0. The number of esters is 1. The Morgan fingerprint density at radius 2 is 2.03 bits per heavy atom. The van der Waals surface area contributed by atoms with Crippen LogP contribution in [0.25, 0.3) is 0 Å². The van der Waals surface area contributed by atoms with Gasteiger partial charge in [0.05, 0.1) is 27.2 Å². The summed E-state index contributed by atoms with van der Waals surface area (Å²) in [4.78, 5) is 51.4. The van der Waals surface area contributed by atoms with Crippen LogP contribution in [0.1, 0.15) is 26.3 Å². The lowest BCUT2D eigenvalue weighted by atomic mass is 9.92. The molecule has 196 valence electrons. The largest absolute Gasteiger partial charge is 0.456 e. The highest BCUT2D eigenvalue weighted by atomic mass is 32.2. The molecule has 1 aromatic rings. The van der Waals surface area contributed by atoms with Gasteiger partial charge in [-0.1, -0.05) is 19.2 Å². The predicted octanol–water partition coefficient (Wildman–Crippen LogP) is 1.91. The van der Waals surface area contributed by atoms with Gasteiger partial charge in [0.2, 0.25) is 11.8 Å². The number of carbonyl (C=O) groups is 3. The molecular weight excluding hydrogens is 508 g/mol. The Hall–Kier alpha value is -2.61. The molecule has 11 nitrogen and oxygen atoms in total. The summed E-state index contributed by atoms with van der Waals surface area (Å²) in [5, 5.41) is 23.7. The Morgan fingerprint density at radius 3 is 2.61 bits per heavy atom. The summed E-state index contributed by atoms with van der Waals surface area (Å²) < 4.78 is 6.10. The van der Waals surface area contributed by atoms with Crippen molar-refractivity contribution in [2.24, 2.45) is 5.92 Å². The molecule has 3 aliphatic rings. The van der Waals surface area contributed by atoms with Gasteiger partial charge in [0, 0.05) is 38.0 Å². The fourth-order valence-corrected chi connectivity index (χ4v) is 7.51. The molecular formula is C23H30N4O7S2. The third-order valence-electron chi connectivity index (χ3n) is 6.08. The molecule has 0 spiro atoms. The van der Waals surface area contributed by atoms with Crippen molar-refractivity contribution in [1.82, 2.24) is 15.1 Å². The Kier molecular flexibility index (Phi) is 8.70. The first-order valence-corrected chi connectivity index (χ1v) is 12.8. The predicted molar refractivity (Wildman–Crippen MR) is 137 cm³/mol. The Labute approximate surface area is 217 Å². The number of β-lactam (4-membered cyclic amide) rings is 1. The third kappa shape index (κ3) is 5.38. The van der Waals surface area contributed by atoms with E-state index < -0.39 is 22.9 Å². The molecule has 2 fully saturated rings. The van der Waals surface area contributed by atoms with E-state index in [1.807, 2.05) is 0 Å². The zero-order valence-electron chi connectivity index (χ0n) is 19.4. The number of aliphatic hydroxyl groups excluding tert-OH is 1. The lowest BCUT2D eigenvalue weighted by Gasteiger charge is -2.43. The van der Waals surface area contributed by atoms with E-state index in [1.54, 1.807) is 21.0 Å². The van der Waals surface area contributed by atoms with Crippen molar-refractivity contribution in [2.45, 2.75) is 50.1 Å². The standard InChI is InChI=1S/C22H26N4O7S2.CH4/c1-11(27)16-19(29)25-17(21(30)33-10-12-4-6-13(7-5-12)26(31)32)22(35-20(16)25)34-14-8-15(23-9-14)18(28)24(2)3;/h4-7,11,14-16,20,23,27H,8-10H2,1-3H3;1H4/t11?,14?,15?,16-,20+;/m0./s1. The molecule has 3 unspecified atom stereocenters. The van der Waals surface area contributed by atoms with E-state index in [9.17, 15) is 29.6 Å². The first-order chi connectivity index (χ1) is 16.6. The molecule has 0 saturated carbocycles. The van der Waals surface area contributed by atoms with Gasteiger partial charge in [0.25, 0.3) is 5.69 Å². The number of hydrogen-bond donors (Lipinski definition) is 2. The van der Waals surface area contributed by atoms with Gasteiger partial charge in [-0.05, 0) is 31.0 Å². The number of likely N-dealkylation sites (N-methyl/N-ethyl adjacent to an activating group) is 1. The Bertz CT molecular complexity index is 1080. The smallest absolute Gasteiger partial charge is 0.357 e. The summed E-state index contributed by atoms with van der Waals surface area (Å²) in [6.45, 7) is 2.01. The summed E-state index contributed by atoms with van der Waals surface area (Å²) in [6, 6.07) is 5.36. The molecule has 3 aliphatic heterocycles. The molecule has 13 heteroatoms. The zero-order chi connectivity index (χ0) is 25.4. The third-order valence-corrected chi connectivity index (χ3v) is 8.91. The minimum atomic E-state index is -0.853. The van der Waals surface area contributed by atoms with Crippen molar-refractivity contribution in [1.29, 1.82) is 0 Å². The van der Waals surface area contributed by atoms with Crippen LogP contribution in [-0.4, -0.2) is 81.0 Å². The molecule has 36 heavy (non-hydrogen) atoms. The lowest BCUT2D eigenvalue weighted by molar-refractivity contribution is -0.384. The maximum atomic E-state index is 13.1. The molecule has 2 saturated heterocycles. The van der Waals surface area contributed by atoms with Crippen LogP contribution in [-0.2, 0) is 25.7 Å². The van der Waals surface area contributed by atoms with Crippen molar-refractivity contribution in [3.63, 3.8) is 0 Å². The van der Waals surface area contributed by atoms with E-state index in [2.05, 4.69) is 5.32 Å². The highest BCUT2D eigenvalue weighted by Gasteiger charge is 2.58. The number of hydrogen-bond acceptors (Lipinski definition) is 10. The van der Waals surface area contributed by atoms with Crippen LogP contribution in [0.2, 0.25) is 0 Å². The van der Waals surface area contributed by atoms with Gasteiger partial charge < -0.3 is 20.1 Å². The van der Waals surface area contributed by atoms with Gasteiger partial charge in [-0.2, -0.15) is 0 Å². The monoisotopic (exact) mass is 538 g/mol. The van der Waals surface area contributed by atoms with E-state index in [4.69, 9.17) is 4.74 Å². The molecule has 0 aromatic heterocycles. The number of thioether (sulfide) groups is 2. The van der Waals surface area contributed by atoms with Crippen LogP contribution < -0.4 is 5.32 Å². The highest BCUT2D eigenvalue weighted by Crippen LogP contribution is 2.55. The number of amides is 2. The number of nitro groups is 1. The van der Waals surface area contributed by atoms with E-state index in [0.29, 0.717) is 22.8 Å². The minimum absolute atomic E-state index is 0. The van der Waals surface area contributed by atoms with Gasteiger partial charge in [0.15, 0.2) is 5.70 Å². The van der Waals surface area contributed by atoms with Crippen LogP contribution in [0.4, 0.5) is 5.69 Å². The molecule has 0 aliphatic carbocycles.